The van der Waals surface area contributed by atoms with Crippen LogP contribution in [0, 0.1) is 0 Å². The van der Waals surface area contributed by atoms with Gasteiger partial charge in [0.05, 0.1) is 12.1 Å². The Morgan fingerprint density at radius 3 is 2.80 bits per heavy atom. The molecule has 2 aromatic carbocycles. The molecule has 1 N–H and O–H groups in total. The van der Waals surface area contributed by atoms with E-state index in [1.165, 1.54) is 4.90 Å². The fourth-order valence-corrected chi connectivity index (χ4v) is 2.77. The van der Waals surface area contributed by atoms with Gasteiger partial charge >= 0.3 is 6.09 Å². The Morgan fingerprint density at radius 1 is 1.08 bits per heavy atom. The largest absolute Gasteiger partial charge is 0.447 e. The maximum atomic E-state index is 12.5. The zero-order valence-electron chi connectivity index (χ0n) is 13.3. The lowest BCUT2D eigenvalue weighted by Crippen LogP contribution is -2.23. The third-order valence-corrected chi connectivity index (χ3v) is 4.01. The number of rotatable bonds is 3. The van der Waals surface area contributed by atoms with Crippen LogP contribution in [0.15, 0.2) is 60.7 Å². The SMILES string of the molecule is O=C(Nc1cccc(N2CCOC2=O)c1)c1ccc2ccccc2n1. The van der Waals surface area contributed by atoms with Crippen molar-refractivity contribution in [3.8, 4) is 0 Å². The number of amides is 2. The number of ether oxygens (including phenoxy) is 1. The van der Waals surface area contributed by atoms with Crippen LogP contribution in [-0.2, 0) is 4.74 Å². The molecule has 1 aliphatic heterocycles. The lowest BCUT2D eigenvalue weighted by Gasteiger charge is -2.14. The molecule has 1 fully saturated rings. The fourth-order valence-electron chi connectivity index (χ4n) is 2.77. The van der Waals surface area contributed by atoms with Crippen LogP contribution in [0.5, 0.6) is 0 Å². The average Bonchev–Trinajstić information content (AvgIpc) is 3.07. The number of nitrogens with zero attached hydrogens (tertiary/aromatic N) is 2. The monoisotopic (exact) mass is 333 g/mol. The van der Waals surface area contributed by atoms with Gasteiger partial charge in [-0.05, 0) is 30.3 Å². The normalized spacial score (nSPS) is 13.8. The smallest absolute Gasteiger partial charge is 0.414 e. The van der Waals surface area contributed by atoms with Gasteiger partial charge in [0.15, 0.2) is 0 Å². The van der Waals surface area contributed by atoms with E-state index in [1.54, 1.807) is 30.3 Å². The van der Waals surface area contributed by atoms with Gasteiger partial charge in [0.25, 0.3) is 5.91 Å². The van der Waals surface area contributed by atoms with E-state index in [1.807, 2.05) is 30.3 Å². The Kier molecular flexibility index (Phi) is 3.78. The van der Waals surface area contributed by atoms with E-state index in [0.29, 0.717) is 30.2 Å². The van der Waals surface area contributed by atoms with Crippen molar-refractivity contribution < 1.29 is 14.3 Å². The van der Waals surface area contributed by atoms with Crippen LogP contribution in [0.4, 0.5) is 16.2 Å². The van der Waals surface area contributed by atoms with Crippen LogP contribution in [0.1, 0.15) is 10.5 Å². The quantitative estimate of drug-likeness (QED) is 0.797. The summed E-state index contributed by atoms with van der Waals surface area (Å²) in [4.78, 5) is 30.1. The van der Waals surface area contributed by atoms with Crippen LogP contribution in [0.2, 0.25) is 0 Å². The first kappa shape index (κ1) is 15.1. The lowest BCUT2D eigenvalue weighted by molar-refractivity contribution is 0.102. The first-order valence-electron chi connectivity index (χ1n) is 7.92. The van der Waals surface area contributed by atoms with Crippen molar-refractivity contribution in [1.82, 2.24) is 4.98 Å². The average molecular weight is 333 g/mol. The van der Waals surface area contributed by atoms with Crippen LogP contribution in [-0.4, -0.2) is 30.1 Å². The summed E-state index contributed by atoms with van der Waals surface area (Å²) in [5.74, 6) is -0.299. The Balaban J connectivity index is 1.56. The highest BCUT2D eigenvalue weighted by Gasteiger charge is 2.23. The summed E-state index contributed by atoms with van der Waals surface area (Å²) in [6.07, 6.45) is -0.375. The van der Waals surface area contributed by atoms with Gasteiger partial charge in [-0.15, -0.1) is 0 Å². The molecule has 0 atom stereocenters. The second kappa shape index (κ2) is 6.24. The molecule has 0 bridgehead atoms. The molecule has 0 spiro atoms. The molecule has 2 amide bonds. The van der Waals surface area contributed by atoms with Gasteiger partial charge in [0.2, 0.25) is 0 Å². The summed E-state index contributed by atoms with van der Waals surface area (Å²) in [5, 5.41) is 3.80. The first-order valence-corrected chi connectivity index (χ1v) is 7.92. The predicted molar refractivity (Wildman–Crippen MR) is 94.8 cm³/mol. The van der Waals surface area contributed by atoms with E-state index in [0.717, 1.165) is 10.9 Å². The maximum Gasteiger partial charge on any atom is 0.414 e. The summed E-state index contributed by atoms with van der Waals surface area (Å²) in [5.41, 5.74) is 2.39. The zero-order chi connectivity index (χ0) is 17.2. The van der Waals surface area contributed by atoms with Gasteiger partial charge in [-0.2, -0.15) is 0 Å². The summed E-state index contributed by atoms with van der Waals surface area (Å²) in [6.45, 7) is 0.874. The summed E-state index contributed by atoms with van der Waals surface area (Å²) < 4.78 is 4.94. The van der Waals surface area contributed by atoms with Gasteiger partial charge < -0.3 is 10.1 Å². The minimum absolute atomic E-state index is 0.299. The summed E-state index contributed by atoms with van der Waals surface area (Å²) >= 11 is 0. The van der Waals surface area contributed by atoms with Crippen molar-refractivity contribution in [2.45, 2.75) is 0 Å². The molecule has 4 rings (SSSR count). The van der Waals surface area contributed by atoms with Gasteiger partial charge in [-0.1, -0.05) is 30.3 Å². The summed E-state index contributed by atoms with van der Waals surface area (Å²) in [7, 11) is 0. The van der Waals surface area contributed by atoms with Crippen LogP contribution in [0.25, 0.3) is 10.9 Å². The van der Waals surface area contributed by atoms with Gasteiger partial charge in [-0.3, -0.25) is 9.69 Å². The number of fused-ring (bicyclic) bond motifs is 1. The van der Waals surface area contributed by atoms with Gasteiger partial charge in [0, 0.05) is 16.8 Å². The molecule has 6 heteroatoms. The van der Waals surface area contributed by atoms with Crippen molar-refractivity contribution in [1.29, 1.82) is 0 Å². The number of aromatic nitrogens is 1. The predicted octanol–water partition coefficient (Wildman–Crippen LogP) is 3.44. The van der Waals surface area contributed by atoms with E-state index >= 15 is 0 Å². The van der Waals surface area contributed by atoms with Crippen LogP contribution in [0.3, 0.4) is 0 Å². The number of hydrogen-bond acceptors (Lipinski definition) is 4. The third-order valence-electron chi connectivity index (χ3n) is 4.01. The van der Waals surface area contributed by atoms with Crippen LogP contribution < -0.4 is 10.2 Å². The fraction of sp³-hybridized carbons (Fsp3) is 0.105. The number of benzene rings is 2. The second-order valence-corrected chi connectivity index (χ2v) is 5.66. The number of carbonyl (C=O) groups is 2. The molecule has 3 aromatic rings. The molecule has 0 aliphatic carbocycles. The number of carbonyl (C=O) groups excluding carboxylic acids is 2. The van der Waals surface area contributed by atoms with Crippen LogP contribution >= 0.6 is 0 Å². The standard InChI is InChI=1S/C19H15N3O3/c23-18(17-9-8-13-4-1-2-7-16(13)21-17)20-14-5-3-6-15(12-14)22-10-11-25-19(22)24/h1-9,12H,10-11H2,(H,20,23). The Hall–Kier alpha value is -3.41. The summed E-state index contributed by atoms with van der Waals surface area (Å²) in [6, 6.07) is 18.3. The third kappa shape index (κ3) is 3.01. The van der Waals surface area contributed by atoms with Gasteiger partial charge in [-0.25, -0.2) is 9.78 Å². The molecule has 0 unspecified atom stereocenters. The molecule has 0 radical (unpaired) electrons. The van der Waals surface area contributed by atoms with Crippen molar-refractivity contribution in [2.75, 3.05) is 23.4 Å². The zero-order valence-corrected chi connectivity index (χ0v) is 13.3. The molecule has 25 heavy (non-hydrogen) atoms. The highest BCUT2D eigenvalue weighted by molar-refractivity contribution is 6.04. The minimum Gasteiger partial charge on any atom is -0.447 e. The minimum atomic E-state index is -0.375. The van der Waals surface area contributed by atoms with Crippen molar-refractivity contribution in [2.24, 2.45) is 0 Å². The van der Waals surface area contributed by atoms with E-state index in [-0.39, 0.29) is 12.0 Å². The highest BCUT2D eigenvalue weighted by Crippen LogP contribution is 2.23. The topological polar surface area (TPSA) is 71.5 Å². The first-order chi connectivity index (χ1) is 12.2. The maximum absolute atomic E-state index is 12.5. The van der Waals surface area contributed by atoms with E-state index in [2.05, 4.69) is 10.3 Å². The molecular weight excluding hydrogens is 318 g/mol. The molecule has 2 heterocycles. The van der Waals surface area contributed by atoms with E-state index in [9.17, 15) is 9.59 Å². The molecule has 1 saturated heterocycles. The number of anilines is 2. The van der Waals surface area contributed by atoms with Crippen molar-refractivity contribution in [3.05, 3.63) is 66.4 Å². The lowest BCUT2D eigenvalue weighted by atomic mass is 10.2. The second-order valence-electron chi connectivity index (χ2n) is 5.66. The number of pyridine rings is 1. The Labute approximate surface area is 144 Å². The Morgan fingerprint density at radius 2 is 1.96 bits per heavy atom. The number of nitrogens with one attached hydrogen (secondary N) is 1. The van der Waals surface area contributed by atoms with Gasteiger partial charge in [0.1, 0.15) is 12.3 Å². The number of hydrogen-bond donors (Lipinski definition) is 1. The van der Waals surface area contributed by atoms with Crippen molar-refractivity contribution >= 4 is 34.3 Å². The molecular formula is C19H15N3O3. The molecule has 1 aliphatic rings. The highest BCUT2D eigenvalue weighted by atomic mass is 16.6. The van der Waals surface area contributed by atoms with E-state index < -0.39 is 0 Å². The molecule has 6 nitrogen and oxygen atoms in total. The number of cyclic esters (lactones) is 1. The molecule has 0 saturated carbocycles. The number of para-hydroxylation sites is 1. The van der Waals surface area contributed by atoms with E-state index in [4.69, 9.17) is 4.74 Å². The molecule has 124 valence electrons. The molecule has 1 aromatic heterocycles. The van der Waals surface area contributed by atoms with Crippen molar-refractivity contribution in [3.63, 3.8) is 0 Å². The Bertz CT molecular complexity index is 971.